The Hall–Kier alpha value is -0.113. The van der Waals surface area contributed by atoms with Crippen LogP contribution in [-0.2, 0) is 4.79 Å². The van der Waals surface area contributed by atoms with Gasteiger partial charge in [0.1, 0.15) is 5.78 Å². The predicted molar refractivity (Wildman–Crippen MR) is 52.7 cm³/mol. The second-order valence-corrected chi connectivity index (χ2v) is 9.93. The molecule has 0 heterocycles. The summed E-state index contributed by atoms with van der Waals surface area (Å²) in [4.78, 5) is 10.9. The summed E-state index contributed by atoms with van der Waals surface area (Å²) in [6.07, 6.45) is 1.96. The van der Waals surface area contributed by atoms with Crippen LogP contribution in [-0.4, -0.2) is 13.9 Å². The van der Waals surface area contributed by atoms with Crippen LogP contribution in [0.4, 0.5) is 0 Å². The molecule has 0 N–H and O–H groups in total. The molecule has 0 bridgehead atoms. The normalized spacial score (nSPS) is 14.6. The molecular formula is C9H20OSi. The first kappa shape index (κ1) is 10.9. The minimum atomic E-state index is -1.07. The summed E-state index contributed by atoms with van der Waals surface area (Å²) < 4.78 is 0. The van der Waals surface area contributed by atoms with Gasteiger partial charge in [-0.05, 0) is 12.5 Å². The first-order chi connectivity index (χ1) is 4.88. The van der Waals surface area contributed by atoms with Gasteiger partial charge in [-0.1, -0.05) is 33.0 Å². The molecule has 11 heavy (non-hydrogen) atoms. The summed E-state index contributed by atoms with van der Waals surface area (Å²) in [7, 11) is -1.07. The largest absolute Gasteiger partial charge is 0.300 e. The van der Waals surface area contributed by atoms with E-state index in [9.17, 15) is 4.79 Å². The molecule has 0 aliphatic heterocycles. The fourth-order valence-electron chi connectivity index (χ4n) is 1.41. The SMILES string of the molecule is CCC(CC(C)=O)[Si](C)(C)C. The van der Waals surface area contributed by atoms with E-state index in [1.807, 2.05) is 0 Å². The van der Waals surface area contributed by atoms with E-state index in [0.717, 1.165) is 12.8 Å². The smallest absolute Gasteiger partial charge is 0.129 e. The van der Waals surface area contributed by atoms with Crippen molar-refractivity contribution < 1.29 is 4.79 Å². The van der Waals surface area contributed by atoms with Crippen molar-refractivity contribution in [2.45, 2.75) is 51.9 Å². The van der Waals surface area contributed by atoms with Crippen LogP contribution in [0.2, 0.25) is 25.2 Å². The van der Waals surface area contributed by atoms with Crippen LogP contribution in [0.1, 0.15) is 26.7 Å². The Morgan fingerprint density at radius 1 is 1.36 bits per heavy atom. The third-order valence-corrected chi connectivity index (χ3v) is 5.31. The number of carbonyl (C=O) groups excluding carboxylic acids is 1. The Morgan fingerprint density at radius 3 is 1.91 bits per heavy atom. The molecule has 1 nitrogen and oxygen atoms in total. The van der Waals surface area contributed by atoms with E-state index in [2.05, 4.69) is 26.6 Å². The van der Waals surface area contributed by atoms with Gasteiger partial charge in [-0.15, -0.1) is 0 Å². The van der Waals surface area contributed by atoms with E-state index >= 15 is 0 Å². The highest BCUT2D eigenvalue weighted by atomic mass is 28.3. The summed E-state index contributed by atoms with van der Waals surface area (Å²) >= 11 is 0. The number of Topliss-reactive ketones (excluding diaryl/α,β-unsaturated/α-hetero) is 1. The van der Waals surface area contributed by atoms with Gasteiger partial charge < -0.3 is 4.79 Å². The zero-order valence-corrected chi connectivity index (χ0v) is 9.40. The van der Waals surface area contributed by atoms with Crippen LogP contribution in [0, 0.1) is 0 Å². The molecule has 0 saturated heterocycles. The first-order valence-electron chi connectivity index (χ1n) is 4.37. The molecule has 1 unspecified atom stereocenters. The minimum absolute atomic E-state index is 0.347. The van der Waals surface area contributed by atoms with Crippen molar-refractivity contribution in [2.24, 2.45) is 0 Å². The minimum Gasteiger partial charge on any atom is -0.300 e. The number of hydrogen-bond donors (Lipinski definition) is 0. The Kier molecular flexibility index (Phi) is 4.01. The molecule has 0 aromatic heterocycles. The predicted octanol–water partition coefficient (Wildman–Crippen LogP) is 3.08. The lowest BCUT2D eigenvalue weighted by Gasteiger charge is -2.26. The monoisotopic (exact) mass is 172 g/mol. The van der Waals surface area contributed by atoms with Gasteiger partial charge in [0.05, 0.1) is 0 Å². The van der Waals surface area contributed by atoms with Crippen LogP contribution in [0.25, 0.3) is 0 Å². The molecule has 2 heteroatoms. The second kappa shape index (κ2) is 4.05. The van der Waals surface area contributed by atoms with Crippen LogP contribution in [0.3, 0.4) is 0 Å². The fraction of sp³-hybridized carbons (Fsp3) is 0.889. The van der Waals surface area contributed by atoms with Crippen LogP contribution < -0.4 is 0 Å². The van der Waals surface area contributed by atoms with Gasteiger partial charge in [-0.2, -0.15) is 0 Å². The van der Waals surface area contributed by atoms with Crippen molar-refractivity contribution >= 4 is 13.9 Å². The van der Waals surface area contributed by atoms with Crippen LogP contribution in [0.15, 0.2) is 0 Å². The van der Waals surface area contributed by atoms with Gasteiger partial charge in [0.15, 0.2) is 0 Å². The molecule has 0 aromatic carbocycles. The summed E-state index contributed by atoms with van der Waals surface area (Å²) in [6, 6.07) is 0. The summed E-state index contributed by atoms with van der Waals surface area (Å²) in [5.41, 5.74) is 0.681. The molecule has 1 atom stereocenters. The number of carbonyl (C=O) groups is 1. The van der Waals surface area contributed by atoms with Gasteiger partial charge in [-0.25, -0.2) is 0 Å². The number of ketones is 1. The molecule has 0 saturated carbocycles. The van der Waals surface area contributed by atoms with Gasteiger partial charge in [0, 0.05) is 14.5 Å². The van der Waals surface area contributed by atoms with Crippen molar-refractivity contribution in [2.75, 3.05) is 0 Å². The maximum absolute atomic E-state index is 10.9. The molecule has 0 rings (SSSR count). The highest BCUT2D eigenvalue weighted by molar-refractivity contribution is 6.77. The van der Waals surface area contributed by atoms with E-state index in [0.29, 0.717) is 11.3 Å². The third-order valence-electron chi connectivity index (χ3n) is 2.25. The van der Waals surface area contributed by atoms with Crippen molar-refractivity contribution in [3.05, 3.63) is 0 Å². The molecule has 0 radical (unpaired) electrons. The van der Waals surface area contributed by atoms with Crippen LogP contribution in [0.5, 0.6) is 0 Å². The van der Waals surface area contributed by atoms with E-state index < -0.39 is 8.07 Å². The average molecular weight is 172 g/mol. The number of hydrogen-bond acceptors (Lipinski definition) is 1. The Bertz CT molecular complexity index is 135. The van der Waals surface area contributed by atoms with Crippen LogP contribution >= 0.6 is 0 Å². The van der Waals surface area contributed by atoms with E-state index in [1.54, 1.807) is 6.92 Å². The first-order valence-corrected chi connectivity index (χ1v) is 7.95. The highest BCUT2D eigenvalue weighted by Gasteiger charge is 2.25. The van der Waals surface area contributed by atoms with Gasteiger partial charge in [-0.3, -0.25) is 0 Å². The molecule has 0 fully saturated rings. The quantitative estimate of drug-likeness (QED) is 0.596. The molecule has 0 aromatic rings. The third kappa shape index (κ3) is 4.35. The lowest BCUT2D eigenvalue weighted by Crippen LogP contribution is -2.29. The van der Waals surface area contributed by atoms with E-state index in [4.69, 9.17) is 0 Å². The van der Waals surface area contributed by atoms with Crippen molar-refractivity contribution in [1.82, 2.24) is 0 Å². The van der Waals surface area contributed by atoms with Crippen molar-refractivity contribution in [3.63, 3.8) is 0 Å². The number of rotatable bonds is 4. The van der Waals surface area contributed by atoms with Crippen molar-refractivity contribution in [1.29, 1.82) is 0 Å². The zero-order valence-electron chi connectivity index (χ0n) is 8.40. The second-order valence-electron chi connectivity index (χ2n) is 4.38. The Balaban J connectivity index is 4.07. The Morgan fingerprint density at radius 2 is 1.82 bits per heavy atom. The fourth-order valence-corrected chi connectivity index (χ4v) is 3.53. The molecular weight excluding hydrogens is 152 g/mol. The molecule has 0 aliphatic rings. The van der Waals surface area contributed by atoms with Crippen molar-refractivity contribution in [3.8, 4) is 0 Å². The summed E-state index contributed by atoms with van der Waals surface area (Å²) in [5.74, 6) is 0.347. The molecule has 0 spiro atoms. The highest BCUT2D eigenvalue weighted by Crippen LogP contribution is 2.28. The zero-order chi connectivity index (χ0) is 9.07. The summed E-state index contributed by atoms with van der Waals surface area (Å²) in [5, 5.41) is 0. The molecule has 66 valence electrons. The molecule has 0 amide bonds. The lowest BCUT2D eigenvalue weighted by molar-refractivity contribution is -0.117. The standard InChI is InChI=1S/C9H20OSi/c1-6-9(7-8(2)10)11(3,4)5/h9H,6-7H2,1-5H3. The van der Waals surface area contributed by atoms with E-state index in [1.165, 1.54) is 0 Å². The van der Waals surface area contributed by atoms with Gasteiger partial charge in [0.2, 0.25) is 0 Å². The topological polar surface area (TPSA) is 17.1 Å². The van der Waals surface area contributed by atoms with Gasteiger partial charge in [0.25, 0.3) is 0 Å². The maximum Gasteiger partial charge on any atom is 0.129 e. The Labute approximate surface area is 71.2 Å². The van der Waals surface area contributed by atoms with E-state index in [-0.39, 0.29) is 0 Å². The average Bonchev–Trinajstić information content (AvgIpc) is 1.79. The summed E-state index contributed by atoms with van der Waals surface area (Å²) in [6.45, 7) is 10.9. The molecule has 0 aliphatic carbocycles. The lowest BCUT2D eigenvalue weighted by atomic mass is 10.2. The maximum atomic E-state index is 10.9. The van der Waals surface area contributed by atoms with Gasteiger partial charge >= 0.3 is 0 Å².